The Hall–Kier alpha value is -1.55. The first kappa shape index (κ1) is 9.98. The van der Waals surface area contributed by atoms with Crippen molar-refractivity contribution in [1.82, 2.24) is 4.98 Å². The fourth-order valence-corrected chi connectivity index (χ4v) is 1.67. The number of hydrogen-bond acceptors (Lipinski definition) is 2. The van der Waals surface area contributed by atoms with E-state index in [9.17, 15) is 8.78 Å². The standard InChI is InChI=1S/C11H10F2N2/c1-6-2-7(5-14)11-9(13)3-8(12)4-10(11)15-6/h2-4H,5,14H2,1H3. The van der Waals surface area contributed by atoms with Crippen molar-refractivity contribution in [2.75, 3.05) is 0 Å². The van der Waals surface area contributed by atoms with Gasteiger partial charge in [0.25, 0.3) is 0 Å². The van der Waals surface area contributed by atoms with Crippen LogP contribution in [0.2, 0.25) is 0 Å². The molecular weight excluding hydrogens is 198 g/mol. The molecule has 0 radical (unpaired) electrons. The molecule has 0 spiro atoms. The van der Waals surface area contributed by atoms with Crippen LogP contribution in [0.5, 0.6) is 0 Å². The van der Waals surface area contributed by atoms with Crippen LogP contribution >= 0.6 is 0 Å². The summed E-state index contributed by atoms with van der Waals surface area (Å²) in [5, 5.41) is 0.310. The van der Waals surface area contributed by atoms with Crippen LogP contribution < -0.4 is 5.73 Å². The van der Waals surface area contributed by atoms with Crippen molar-refractivity contribution in [3.05, 3.63) is 41.1 Å². The van der Waals surface area contributed by atoms with Crippen LogP contribution in [0.3, 0.4) is 0 Å². The molecule has 0 aliphatic heterocycles. The molecule has 0 unspecified atom stereocenters. The summed E-state index contributed by atoms with van der Waals surface area (Å²) < 4.78 is 26.4. The molecule has 1 heterocycles. The van der Waals surface area contributed by atoms with E-state index >= 15 is 0 Å². The molecule has 0 saturated heterocycles. The SMILES string of the molecule is Cc1cc(CN)c2c(F)cc(F)cc2n1. The maximum Gasteiger partial charge on any atom is 0.135 e. The Balaban J connectivity index is 2.90. The summed E-state index contributed by atoms with van der Waals surface area (Å²) >= 11 is 0. The first-order valence-electron chi connectivity index (χ1n) is 4.57. The summed E-state index contributed by atoms with van der Waals surface area (Å²) in [6.45, 7) is 1.98. The number of rotatable bonds is 1. The smallest absolute Gasteiger partial charge is 0.135 e. The predicted molar refractivity (Wildman–Crippen MR) is 54.3 cm³/mol. The van der Waals surface area contributed by atoms with Crippen molar-refractivity contribution in [3.8, 4) is 0 Å². The molecule has 0 bridgehead atoms. The van der Waals surface area contributed by atoms with E-state index in [0.29, 0.717) is 22.2 Å². The summed E-state index contributed by atoms with van der Waals surface area (Å²) in [4.78, 5) is 4.07. The van der Waals surface area contributed by atoms with Gasteiger partial charge in [0.2, 0.25) is 0 Å². The summed E-state index contributed by atoms with van der Waals surface area (Å²) in [6.07, 6.45) is 0. The van der Waals surface area contributed by atoms with Crippen LogP contribution in [0.25, 0.3) is 10.9 Å². The normalized spacial score (nSPS) is 10.9. The molecule has 2 nitrogen and oxygen atoms in total. The Bertz CT molecular complexity index is 518. The third-order valence-electron chi connectivity index (χ3n) is 2.26. The highest BCUT2D eigenvalue weighted by molar-refractivity contribution is 5.83. The average Bonchev–Trinajstić information content (AvgIpc) is 2.14. The van der Waals surface area contributed by atoms with E-state index in [1.54, 1.807) is 13.0 Å². The minimum Gasteiger partial charge on any atom is -0.326 e. The summed E-state index contributed by atoms with van der Waals surface area (Å²) in [7, 11) is 0. The number of pyridine rings is 1. The first-order valence-corrected chi connectivity index (χ1v) is 4.57. The molecule has 0 aliphatic rings. The minimum atomic E-state index is -0.624. The van der Waals surface area contributed by atoms with Crippen LogP contribution in [-0.4, -0.2) is 4.98 Å². The number of hydrogen-bond donors (Lipinski definition) is 1. The number of benzene rings is 1. The number of aryl methyl sites for hydroxylation is 1. The lowest BCUT2D eigenvalue weighted by Crippen LogP contribution is -2.01. The molecule has 0 saturated carbocycles. The molecule has 1 aromatic carbocycles. The monoisotopic (exact) mass is 208 g/mol. The van der Waals surface area contributed by atoms with Crippen LogP contribution in [0, 0.1) is 18.6 Å². The first-order chi connectivity index (χ1) is 7.11. The van der Waals surface area contributed by atoms with Gasteiger partial charge in [0.1, 0.15) is 11.6 Å². The van der Waals surface area contributed by atoms with Gasteiger partial charge in [-0.05, 0) is 18.6 Å². The van der Waals surface area contributed by atoms with Crippen molar-refractivity contribution in [3.63, 3.8) is 0 Å². The Labute approximate surface area is 85.7 Å². The van der Waals surface area contributed by atoms with E-state index in [1.165, 1.54) is 6.07 Å². The topological polar surface area (TPSA) is 38.9 Å². The molecule has 0 fully saturated rings. The quantitative estimate of drug-likeness (QED) is 0.780. The molecule has 0 atom stereocenters. The molecule has 15 heavy (non-hydrogen) atoms. The maximum atomic E-state index is 13.5. The van der Waals surface area contributed by atoms with Crippen molar-refractivity contribution < 1.29 is 8.78 Å². The second-order valence-electron chi connectivity index (χ2n) is 3.41. The van der Waals surface area contributed by atoms with E-state index in [4.69, 9.17) is 5.73 Å². The summed E-state index contributed by atoms with van der Waals surface area (Å²) in [6, 6.07) is 3.77. The van der Waals surface area contributed by atoms with Gasteiger partial charge in [0.15, 0.2) is 0 Å². The molecule has 2 aromatic rings. The molecule has 0 aliphatic carbocycles. The van der Waals surface area contributed by atoms with Gasteiger partial charge in [-0.3, -0.25) is 4.98 Å². The predicted octanol–water partition coefficient (Wildman–Crippen LogP) is 2.28. The number of nitrogens with two attached hydrogens (primary N) is 1. The zero-order valence-electron chi connectivity index (χ0n) is 8.22. The second-order valence-corrected chi connectivity index (χ2v) is 3.41. The Morgan fingerprint density at radius 3 is 2.67 bits per heavy atom. The average molecular weight is 208 g/mol. The van der Waals surface area contributed by atoms with Crippen LogP contribution in [-0.2, 0) is 6.54 Å². The zero-order chi connectivity index (χ0) is 11.0. The van der Waals surface area contributed by atoms with Gasteiger partial charge in [-0.2, -0.15) is 0 Å². The number of fused-ring (bicyclic) bond motifs is 1. The molecule has 4 heteroatoms. The summed E-state index contributed by atoms with van der Waals surface area (Å²) in [5.41, 5.74) is 7.17. The Kier molecular flexibility index (Phi) is 2.36. The van der Waals surface area contributed by atoms with Crippen molar-refractivity contribution in [1.29, 1.82) is 0 Å². The van der Waals surface area contributed by atoms with E-state index in [-0.39, 0.29) is 6.54 Å². The van der Waals surface area contributed by atoms with Gasteiger partial charge in [-0.15, -0.1) is 0 Å². The van der Waals surface area contributed by atoms with Crippen molar-refractivity contribution in [2.24, 2.45) is 5.73 Å². The van der Waals surface area contributed by atoms with Gasteiger partial charge in [-0.1, -0.05) is 0 Å². The van der Waals surface area contributed by atoms with Crippen LogP contribution in [0.1, 0.15) is 11.3 Å². The van der Waals surface area contributed by atoms with E-state index in [1.807, 2.05) is 0 Å². The maximum absolute atomic E-state index is 13.5. The lowest BCUT2D eigenvalue weighted by atomic mass is 10.1. The van der Waals surface area contributed by atoms with E-state index in [0.717, 1.165) is 6.07 Å². The van der Waals surface area contributed by atoms with Gasteiger partial charge in [0.05, 0.1) is 5.52 Å². The lowest BCUT2D eigenvalue weighted by molar-refractivity contribution is 0.591. The highest BCUT2D eigenvalue weighted by Crippen LogP contribution is 2.22. The van der Waals surface area contributed by atoms with Gasteiger partial charge in [-0.25, -0.2) is 8.78 Å². The van der Waals surface area contributed by atoms with Crippen LogP contribution in [0.15, 0.2) is 18.2 Å². The fraction of sp³-hybridized carbons (Fsp3) is 0.182. The Morgan fingerprint density at radius 1 is 1.27 bits per heavy atom. The molecular formula is C11H10F2N2. The fourth-order valence-electron chi connectivity index (χ4n) is 1.67. The largest absolute Gasteiger partial charge is 0.326 e. The third-order valence-corrected chi connectivity index (χ3v) is 2.26. The molecule has 2 N–H and O–H groups in total. The number of halogens is 2. The lowest BCUT2D eigenvalue weighted by Gasteiger charge is -2.06. The van der Waals surface area contributed by atoms with Gasteiger partial charge < -0.3 is 5.73 Å². The molecule has 1 aromatic heterocycles. The Morgan fingerprint density at radius 2 is 2.00 bits per heavy atom. The number of aromatic nitrogens is 1. The second kappa shape index (κ2) is 3.55. The highest BCUT2D eigenvalue weighted by atomic mass is 19.1. The molecule has 78 valence electrons. The molecule has 2 rings (SSSR count). The van der Waals surface area contributed by atoms with E-state index < -0.39 is 11.6 Å². The third kappa shape index (κ3) is 1.68. The highest BCUT2D eigenvalue weighted by Gasteiger charge is 2.09. The minimum absolute atomic E-state index is 0.211. The number of nitrogens with zero attached hydrogens (tertiary/aromatic N) is 1. The van der Waals surface area contributed by atoms with Gasteiger partial charge in [0, 0.05) is 29.8 Å². The van der Waals surface area contributed by atoms with Gasteiger partial charge >= 0.3 is 0 Å². The van der Waals surface area contributed by atoms with E-state index in [2.05, 4.69) is 4.98 Å². The van der Waals surface area contributed by atoms with Crippen LogP contribution in [0.4, 0.5) is 8.78 Å². The summed E-state index contributed by atoms with van der Waals surface area (Å²) in [5.74, 6) is -1.24. The molecule has 0 amide bonds. The van der Waals surface area contributed by atoms with Crippen molar-refractivity contribution in [2.45, 2.75) is 13.5 Å². The van der Waals surface area contributed by atoms with Crippen molar-refractivity contribution >= 4 is 10.9 Å². The zero-order valence-corrected chi connectivity index (χ0v) is 8.22.